The third kappa shape index (κ3) is 2.23. The summed E-state index contributed by atoms with van der Waals surface area (Å²) < 4.78 is 7.14. The smallest absolute Gasteiger partial charge is 0.112 e. The molecule has 0 N–H and O–H groups in total. The number of thioether (sulfide) groups is 1. The van der Waals surface area contributed by atoms with Crippen LogP contribution < -0.4 is 0 Å². The largest absolute Gasteiger partial charge is 0.381 e. The second-order valence-electron chi connectivity index (χ2n) is 3.93. The van der Waals surface area contributed by atoms with Crippen molar-refractivity contribution in [2.45, 2.75) is 30.0 Å². The summed E-state index contributed by atoms with van der Waals surface area (Å²) in [6.07, 6.45) is 2.11. The van der Waals surface area contributed by atoms with Gasteiger partial charge in [-0.1, -0.05) is 0 Å². The molecule has 1 aliphatic heterocycles. The molecule has 1 aromatic heterocycles. The number of nitrogens with zero attached hydrogens (tertiary/aromatic N) is 3. The second-order valence-corrected chi connectivity index (χ2v) is 5.22. The molecule has 1 aliphatic rings. The van der Waals surface area contributed by atoms with Crippen molar-refractivity contribution < 1.29 is 4.74 Å². The van der Waals surface area contributed by atoms with Crippen LogP contribution in [0.25, 0.3) is 0 Å². The highest BCUT2D eigenvalue weighted by Gasteiger charge is 2.20. The molecule has 0 spiro atoms. The molecule has 0 aromatic carbocycles. The zero-order valence-corrected chi connectivity index (χ0v) is 10.4. The summed E-state index contributed by atoms with van der Waals surface area (Å²) in [6.45, 7) is 3.54. The summed E-state index contributed by atoms with van der Waals surface area (Å²) in [6, 6.07) is 2.24. The maximum absolute atomic E-state index is 9.10. The van der Waals surface area contributed by atoms with Crippen LogP contribution in [0.3, 0.4) is 0 Å². The zero-order chi connectivity index (χ0) is 11.5. The maximum atomic E-state index is 9.10. The summed E-state index contributed by atoms with van der Waals surface area (Å²) in [5.74, 6) is 0. The van der Waals surface area contributed by atoms with Gasteiger partial charge < -0.3 is 4.74 Å². The Hall–Kier alpha value is -0.990. The molecule has 0 atom stereocenters. The summed E-state index contributed by atoms with van der Waals surface area (Å²) >= 11 is 1.76. The average Bonchev–Trinajstić information content (AvgIpc) is 2.55. The lowest BCUT2D eigenvalue weighted by atomic mass is 10.2. The normalized spacial score (nSPS) is 17.3. The average molecular weight is 237 g/mol. The van der Waals surface area contributed by atoms with Crippen molar-refractivity contribution in [3.8, 4) is 6.07 Å². The van der Waals surface area contributed by atoms with Crippen molar-refractivity contribution in [1.82, 2.24) is 9.78 Å². The van der Waals surface area contributed by atoms with E-state index in [9.17, 15) is 0 Å². The standard InChI is InChI=1S/C11H15N3OS/c1-8-10(7-12)11(14(2)13-8)16-9-3-5-15-6-4-9/h9H,3-6H2,1-2H3. The maximum Gasteiger partial charge on any atom is 0.112 e. The van der Waals surface area contributed by atoms with Crippen molar-refractivity contribution in [2.24, 2.45) is 7.05 Å². The minimum Gasteiger partial charge on any atom is -0.381 e. The van der Waals surface area contributed by atoms with Gasteiger partial charge in [0, 0.05) is 25.5 Å². The Labute approximate surface area is 99.6 Å². The Balaban J connectivity index is 2.17. The van der Waals surface area contributed by atoms with Crippen LogP contribution in [0.4, 0.5) is 0 Å². The van der Waals surface area contributed by atoms with E-state index in [1.54, 1.807) is 11.8 Å². The van der Waals surface area contributed by atoms with Crippen molar-refractivity contribution in [1.29, 1.82) is 5.26 Å². The first-order valence-electron chi connectivity index (χ1n) is 5.40. The molecule has 4 nitrogen and oxygen atoms in total. The molecule has 1 fully saturated rings. The second kappa shape index (κ2) is 4.89. The molecular weight excluding hydrogens is 222 g/mol. The highest BCUT2D eigenvalue weighted by atomic mass is 32.2. The number of nitriles is 1. The predicted molar refractivity (Wildman–Crippen MR) is 62.4 cm³/mol. The van der Waals surface area contributed by atoms with Crippen molar-refractivity contribution in [3.05, 3.63) is 11.3 Å². The van der Waals surface area contributed by atoms with Gasteiger partial charge in [-0.2, -0.15) is 10.4 Å². The van der Waals surface area contributed by atoms with Gasteiger partial charge in [0.2, 0.25) is 0 Å². The van der Waals surface area contributed by atoms with Crippen LogP contribution in [-0.4, -0.2) is 28.2 Å². The molecule has 0 amide bonds. The topological polar surface area (TPSA) is 50.8 Å². The van der Waals surface area contributed by atoms with E-state index in [1.165, 1.54) is 0 Å². The number of hydrogen-bond donors (Lipinski definition) is 0. The molecule has 1 saturated heterocycles. The van der Waals surface area contributed by atoms with Crippen LogP contribution >= 0.6 is 11.8 Å². The number of ether oxygens (including phenoxy) is 1. The molecule has 2 heterocycles. The Kier molecular flexibility index (Phi) is 3.52. The van der Waals surface area contributed by atoms with E-state index in [0.29, 0.717) is 5.25 Å². The fraction of sp³-hybridized carbons (Fsp3) is 0.636. The lowest BCUT2D eigenvalue weighted by Crippen LogP contribution is -2.18. The van der Waals surface area contributed by atoms with Gasteiger partial charge in [0.1, 0.15) is 16.7 Å². The van der Waals surface area contributed by atoms with Crippen molar-refractivity contribution in [3.63, 3.8) is 0 Å². The van der Waals surface area contributed by atoms with E-state index in [-0.39, 0.29) is 0 Å². The van der Waals surface area contributed by atoms with E-state index in [1.807, 2.05) is 18.7 Å². The Morgan fingerprint density at radius 2 is 2.19 bits per heavy atom. The monoisotopic (exact) mass is 237 g/mol. The number of rotatable bonds is 2. The fourth-order valence-electron chi connectivity index (χ4n) is 1.85. The molecule has 86 valence electrons. The van der Waals surface area contributed by atoms with Crippen LogP contribution in [0.5, 0.6) is 0 Å². The molecule has 16 heavy (non-hydrogen) atoms. The van der Waals surface area contributed by atoms with Crippen LogP contribution in [0.1, 0.15) is 24.1 Å². The first-order valence-corrected chi connectivity index (χ1v) is 6.28. The molecular formula is C11H15N3OS. The van der Waals surface area contributed by atoms with E-state index < -0.39 is 0 Å². The van der Waals surface area contributed by atoms with Crippen LogP contribution in [0.2, 0.25) is 0 Å². The van der Waals surface area contributed by atoms with Gasteiger partial charge in [0.25, 0.3) is 0 Å². The molecule has 2 rings (SSSR count). The number of hydrogen-bond acceptors (Lipinski definition) is 4. The SMILES string of the molecule is Cc1nn(C)c(SC2CCOCC2)c1C#N. The lowest BCUT2D eigenvalue weighted by molar-refractivity contribution is 0.1000. The quantitative estimate of drug-likeness (QED) is 0.788. The molecule has 1 aromatic rings. The minimum atomic E-state index is 0.552. The molecule has 0 saturated carbocycles. The van der Waals surface area contributed by atoms with Gasteiger partial charge in [0.15, 0.2) is 0 Å². The van der Waals surface area contributed by atoms with Gasteiger partial charge in [0.05, 0.1) is 5.69 Å². The predicted octanol–water partition coefficient (Wildman–Crippen LogP) is 1.87. The van der Waals surface area contributed by atoms with Crippen LogP contribution in [-0.2, 0) is 11.8 Å². The zero-order valence-electron chi connectivity index (χ0n) is 9.56. The Morgan fingerprint density at radius 1 is 1.50 bits per heavy atom. The van der Waals surface area contributed by atoms with E-state index in [4.69, 9.17) is 10.00 Å². The first-order chi connectivity index (χ1) is 7.72. The van der Waals surface area contributed by atoms with Crippen molar-refractivity contribution >= 4 is 11.8 Å². The summed E-state index contributed by atoms with van der Waals surface area (Å²) in [4.78, 5) is 0. The van der Waals surface area contributed by atoms with E-state index in [0.717, 1.165) is 42.3 Å². The van der Waals surface area contributed by atoms with Crippen molar-refractivity contribution in [2.75, 3.05) is 13.2 Å². The minimum absolute atomic E-state index is 0.552. The number of aryl methyl sites for hydroxylation is 2. The molecule has 0 radical (unpaired) electrons. The number of aromatic nitrogens is 2. The third-order valence-corrected chi connectivity index (χ3v) is 4.22. The van der Waals surface area contributed by atoms with E-state index in [2.05, 4.69) is 11.2 Å². The summed E-state index contributed by atoms with van der Waals surface area (Å²) in [7, 11) is 1.90. The Morgan fingerprint density at radius 3 is 2.81 bits per heavy atom. The lowest BCUT2D eigenvalue weighted by Gasteiger charge is -2.21. The molecule has 5 heteroatoms. The highest BCUT2D eigenvalue weighted by Crippen LogP contribution is 2.32. The molecule has 0 unspecified atom stereocenters. The van der Waals surface area contributed by atoms with Gasteiger partial charge in [-0.15, -0.1) is 11.8 Å². The fourth-order valence-corrected chi connectivity index (χ4v) is 3.10. The van der Waals surface area contributed by atoms with Gasteiger partial charge in [-0.05, 0) is 19.8 Å². The van der Waals surface area contributed by atoms with E-state index >= 15 is 0 Å². The van der Waals surface area contributed by atoms with Crippen LogP contribution in [0, 0.1) is 18.3 Å². The Bertz CT molecular complexity index is 416. The molecule has 0 aliphatic carbocycles. The van der Waals surface area contributed by atoms with Crippen LogP contribution in [0.15, 0.2) is 5.03 Å². The first kappa shape index (κ1) is 11.5. The van der Waals surface area contributed by atoms with Gasteiger partial charge in [-0.25, -0.2) is 0 Å². The summed E-state index contributed by atoms with van der Waals surface area (Å²) in [5, 5.41) is 14.9. The highest BCUT2D eigenvalue weighted by molar-refractivity contribution is 7.99. The van der Waals surface area contributed by atoms with Gasteiger partial charge >= 0.3 is 0 Å². The molecule has 0 bridgehead atoms. The third-order valence-electron chi connectivity index (χ3n) is 2.73. The van der Waals surface area contributed by atoms with Gasteiger partial charge in [-0.3, -0.25) is 4.68 Å². The summed E-state index contributed by atoms with van der Waals surface area (Å²) in [5.41, 5.74) is 1.54.